The molecule has 0 heterocycles. The van der Waals surface area contributed by atoms with Gasteiger partial charge in [-0.2, -0.15) is 0 Å². The van der Waals surface area contributed by atoms with Gasteiger partial charge in [0, 0.05) is 4.83 Å². The lowest BCUT2D eigenvalue weighted by molar-refractivity contribution is -0.201. The van der Waals surface area contributed by atoms with Gasteiger partial charge in [-0.3, -0.25) is 0 Å². The Bertz CT molecular complexity index is 523. The van der Waals surface area contributed by atoms with Crippen LogP contribution in [0.25, 0.3) is 0 Å². The second-order valence-electron chi connectivity index (χ2n) is 7.44. The highest BCUT2D eigenvalue weighted by molar-refractivity contribution is 9.10. The highest BCUT2D eigenvalue weighted by Gasteiger charge is 2.91. The van der Waals surface area contributed by atoms with E-state index in [2.05, 4.69) is 31.9 Å². The molecular formula is C14H14Br2Cl4. The van der Waals surface area contributed by atoms with E-state index in [9.17, 15) is 0 Å². The van der Waals surface area contributed by atoms with Crippen molar-refractivity contribution in [2.45, 2.75) is 48.9 Å². The third kappa shape index (κ3) is 1.06. The Morgan fingerprint density at radius 2 is 1.35 bits per heavy atom. The van der Waals surface area contributed by atoms with Crippen molar-refractivity contribution in [3.05, 3.63) is 0 Å². The highest BCUT2D eigenvalue weighted by Crippen LogP contribution is 2.87. The largest absolute Gasteiger partial charge is 0.140 e. The molecule has 9 fully saturated rings. The lowest BCUT2D eigenvalue weighted by atomic mass is 9.31. The molecule has 112 valence electrons. The molecule has 0 radical (unpaired) electrons. The molecule has 0 saturated heterocycles. The first-order chi connectivity index (χ1) is 9.22. The molecule has 0 aliphatic heterocycles. The van der Waals surface area contributed by atoms with Crippen LogP contribution in [-0.2, 0) is 0 Å². The minimum absolute atomic E-state index is 0.319. The maximum absolute atomic E-state index is 7.28. The van der Waals surface area contributed by atoms with E-state index in [0.29, 0.717) is 34.4 Å². The van der Waals surface area contributed by atoms with E-state index in [1.165, 1.54) is 12.8 Å². The van der Waals surface area contributed by atoms with Gasteiger partial charge < -0.3 is 0 Å². The van der Waals surface area contributed by atoms with Gasteiger partial charge in [-0.1, -0.05) is 31.9 Å². The SMILES string of the molecule is ClC12[C@@H]3[C@H](Br)[C@H]4CC[C@@H]3C3C4[C@@]1(Cl)CC[C@]3(Cl)[C@@]2(Cl)Br. The van der Waals surface area contributed by atoms with Crippen molar-refractivity contribution in [1.82, 2.24) is 0 Å². The van der Waals surface area contributed by atoms with Crippen LogP contribution in [0.4, 0.5) is 0 Å². The van der Waals surface area contributed by atoms with E-state index in [1.807, 2.05) is 0 Å². The van der Waals surface area contributed by atoms with E-state index in [0.717, 1.165) is 12.8 Å². The Kier molecular flexibility index (Phi) is 2.67. The first-order valence-electron chi connectivity index (χ1n) is 7.30. The van der Waals surface area contributed by atoms with Crippen LogP contribution in [0.3, 0.4) is 0 Å². The molecule has 0 nitrogen and oxygen atoms in total. The fourth-order valence-corrected chi connectivity index (χ4v) is 12.1. The topological polar surface area (TPSA) is 0 Å². The Labute approximate surface area is 155 Å². The number of halogens is 6. The van der Waals surface area contributed by atoms with Crippen molar-refractivity contribution in [3.63, 3.8) is 0 Å². The van der Waals surface area contributed by atoms with Gasteiger partial charge in [-0.25, -0.2) is 0 Å². The monoisotopic (exact) mass is 480 g/mol. The van der Waals surface area contributed by atoms with Crippen molar-refractivity contribution in [2.75, 3.05) is 0 Å². The third-order valence-corrected chi connectivity index (χ3v) is 13.6. The molecule has 8 bridgehead atoms. The molecule has 20 heavy (non-hydrogen) atoms. The molecule has 0 aromatic heterocycles. The summed E-state index contributed by atoms with van der Waals surface area (Å²) in [6.45, 7) is 0. The normalized spacial score (nSPS) is 76.5. The molecule has 0 spiro atoms. The molecule has 10 atom stereocenters. The molecule has 0 amide bonds. The second kappa shape index (κ2) is 3.69. The summed E-state index contributed by atoms with van der Waals surface area (Å²) in [6, 6.07) is 0. The summed E-state index contributed by atoms with van der Waals surface area (Å²) in [5.74, 6) is 2.31. The van der Waals surface area contributed by atoms with Crippen LogP contribution < -0.4 is 0 Å². The fourth-order valence-electron chi connectivity index (χ4n) is 6.84. The predicted molar refractivity (Wildman–Crippen MR) is 91.9 cm³/mol. The van der Waals surface area contributed by atoms with Crippen LogP contribution in [0, 0.1) is 29.6 Å². The van der Waals surface area contributed by atoms with Gasteiger partial charge >= 0.3 is 0 Å². The summed E-state index contributed by atoms with van der Waals surface area (Å²) < 4.78 is -0.813. The average molecular weight is 484 g/mol. The highest BCUT2D eigenvalue weighted by atomic mass is 79.9. The van der Waals surface area contributed by atoms with Crippen molar-refractivity contribution >= 4 is 78.3 Å². The number of rotatable bonds is 0. The summed E-state index contributed by atoms with van der Waals surface area (Å²) in [5, 5.41) is 0. The lowest BCUT2D eigenvalue weighted by Crippen LogP contribution is -2.91. The zero-order valence-electron chi connectivity index (χ0n) is 10.6. The average Bonchev–Trinajstić information content (AvgIpc) is 2.39. The van der Waals surface area contributed by atoms with Crippen LogP contribution in [0.15, 0.2) is 0 Å². The van der Waals surface area contributed by atoms with Gasteiger partial charge in [0.15, 0.2) is 0 Å². The van der Waals surface area contributed by atoms with Gasteiger partial charge in [0.1, 0.15) is 3.78 Å². The van der Waals surface area contributed by atoms with Gasteiger partial charge in [0.25, 0.3) is 0 Å². The van der Waals surface area contributed by atoms with Gasteiger partial charge in [-0.15, -0.1) is 46.4 Å². The van der Waals surface area contributed by atoms with Crippen LogP contribution in [0.5, 0.6) is 0 Å². The summed E-state index contributed by atoms with van der Waals surface area (Å²) in [5.41, 5.74) is 0. The van der Waals surface area contributed by atoms with E-state index >= 15 is 0 Å². The lowest BCUT2D eigenvalue weighted by Gasteiger charge is -2.84. The number of hydrogen-bond donors (Lipinski definition) is 0. The number of fused-ring (bicyclic) bond motifs is 2. The minimum atomic E-state index is -0.813. The van der Waals surface area contributed by atoms with Gasteiger partial charge in [0.05, 0.1) is 14.6 Å². The summed E-state index contributed by atoms with van der Waals surface area (Å²) in [6.07, 6.45) is 4.24. The van der Waals surface area contributed by atoms with Crippen LogP contribution in [0.1, 0.15) is 25.7 Å². The van der Waals surface area contributed by atoms with E-state index in [1.54, 1.807) is 0 Å². The second-order valence-corrected chi connectivity index (χ2v) is 12.7. The molecule has 0 aromatic rings. The van der Waals surface area contributed by atoms with Crippen molar-refractivity contribution < 1.29 is 0 Å². The van der Waals surface area contributed by atoms with E-state index < -0.39 is 18.4 Å². The first-order valence-corrected chi connectivity index (χ1v) is 10.5. The Morgan fingerprint density at radius 1 is 0.800 bits per heavy atom. The van der Waals surface area contributed by atoms with E-state index in [4.69, 9.17) is 46.4 Å². The zero-order chi connectivity index (χ0) is 14.3. The van der Waals surface area contributed by atoms with Crippen LogP contribution in [-0.4, -0.2) is 23.2 Å². The third-order valence-electron chi connectivity index (χ3n) is 7.31. The smallest absolute Gasteiger partial charge is 0.117 e. The molecular weight excluding hydrogens is 470 g/mol. The van der Waals surface area contributed by atoms with Crippen molar-refractivity contribution in [1.29, 1.82) is 0 Å². The molecule has 9 saturated carbocycles. The molecule has 6 heteroatoms. The molecule has 0 N–H and O–H groups in total. The molecule has 9 rings (SSSR count). The van der Waals surface area contributed by atoms with Crippen LogP contribution in [0.2, 0.25) is 0 Å². The van der Waals surface area contributed by atoms with Gasteiger partial charge in [-0.05, 0) is 55.3 Å². The van der Waals surface area contributed by atoms with Gasteiger partial charge in [0.2, 0.25) is 0 Å². The molecule has 9 aliphatic carbocycles. The summed E-state index contributed by atoms with van der Waals surface area (Å²) in [7, 11) is 0. The zero-order valence-corrected chi connectivity index (χ0v) is 16.8. The van der Waals surface area contributed by atoms with Crippen LogP contribution >= 0.6 is 78.3 Å². The number of hydrogen-bond acceptors (Lipinski definition) is 0. The minimum Gasteiger partial charge on any atom is -0.117 e. The molecule has 3 unspecified atom stereocenters. The number of alkyl halides is 6. The van der Waals surface area contributed by atoms with Crippen molar-refractivity contribution in [2.24, 2.45) is 29.6 Å². The van der Waals surface area contributed by atoms with Crippen molar-refractivity contribution in [3.8, 4) is 0 Å². The van der Waals surface area contributed by atoms with E-state index in [-0.39, 0.29) is 0 Å². The maximum Gasteiger partial charge on any atom is 0.140 e. The maximum atomic E-state index is 7.28. The first kappa shape index (κ1) is 14.5. The summed E-state index contributed by atoms with van der Waals surface area (Å²) >= 11 is 36.3. The quantitative estimate of drug-likeness (QED) is 0.386. The standard InChI is InChI=1S/C14H14Br2Cl4/c15-10-6-2-1-5-7-8(6)11(17)3-4-12(7,18)14(16,20)13(11,19)9(5)10/h5-10H,1-4H2/t5-,6+,7?,8?,9+,10-,11+,12-,13?,14+/m1/s1. The molecule has 0 aromatic carbocycles. The fraction of sp³-hybridized carbons (Fsp3) is 1.00. The summed E-state index contributed by atoms with van der Waals surface area (Å²) in [4.78, 5) is -1.09. The predicted octanol–water partition coefficient (Wildman–Crippen LogP) is 5.72. The Morgan fingerprint density at radius 3 is 2.05 bits per heavy atom. The molecule has 9 aliphatic rings. The Hall–Kier alpha value is 2.12. The Balaban J connectivity index is 1.86.